The van der Waals surface area contributed by atoms with Gasteiger partial charge in [-0.15, -0.1) is 0 Å². The lowest BCUT2D eigenvalue weighted by molar-refractivity contribution is 0.342. The Labute approximate surface area is 86.1 Å². The number of hydrogen-bond donors (Lipinski definition) is 0. The van der Waals surface area contributed by atoms with Gasteiger partial charge in [0, 0.05) is 5.92 Å². The molecule has 1 aliphatic carbocycles. The number of aromatic nitrogens is 2. The molecule has 72 valence electrons. The zero-order chi connectivity index (χ0) is 9.54. The van der Waals surface area contributed by atoms with Gasteiger partial charge in [-0.2, -0.15) is 4.98 Å². The number of pyridine rings is 1. The summed E-state index contributed by atoms with van der Waals surface area (Å²) in [5, 5.41) is 0.453. The van der Waals surface area contributed by atoms with Crippen molar-refractivity contribution in [2.75, 3.05) is 0 Å². The fourth-order valence-corrected chi connectivity index (χ4v) is 1.78. The molecule has 14 heavy (non-hydrogen) atoms. The van der Waals surface area contributed by atoms with E-state index in [2.05, 4.69) is 9.97 Å². The zero-order valence-corrected chi connectivity index (χ0v) is 8.29. The molecule has 0 saturated heterocycles. The highest BCUT2D eigenvalue weighted by molar-refractivity contribution is 6.29. The molecule has 3 rings (SSSR count). The molecular formula is C10H9ClN2O. The Kier molecular flexibility index (Phi) is 1.74. The van der Waals surface area contributed by atoms with Crippen LogP contribution in [0.1, 0.15) is 31.1 Å². The van der Waals surface area contributed by atoms with Crippen LogP contribution in [0.3, 0.4) is 0 Å². The fraction of sp³-hybridized carbons (Fsp3) is 0.400. The predicted octanol–water partition coefficient (Wildman–Crippen LogP) is 3.14. The fourth-order valence-electron chi connectivity index (χ4n) is 1.64. The van der Waals surface area contributed by atoms with Crippen molar-refractivity contribution in [3.05, 3.63) is 23.2 Å². The van der Waals surface area contributed by atoms with Crippen molar-refractivity contribution in [2.45, 2.75) is 25.2 Å². The molecular weight excluding hydrogens is 200 g/mol. The first-order chi connectivity index (χ1) is 6.83. The second kappa shape index (κ2) is 2.95. The van der Waals surface area contributed by atoms with Crippen LogP contribution in [0.2, 0.25) is 5.15 Å². The standard InChI is InChI=1S/C10H9ClN2O/c11-8-5-4-7-10(13-8)14-9(12-7)6-2-1-3-6/h4-6H,1-3H2. The first-order valence-corrected chi connectivity index (χ1v) is 5.14. The van der Waals surface area contributed by atoms with E-state index < -0.39 is 0 Å². The van der Waals surface area contributed by atoms with E-state index in [1.54, 1.807) is 6.07 Å². The number of hydrogen-bond acceptors (Lipinski definition) is 3. The summed E-state index contributed by atoms with van der Waals surface area (Å²) in [7, 11) is 0. The Bertz CT molecular complexity index is 476. The van der Waals surface area contributed by atoms with Gasteiger partial charge >= 0.3 is 0 Å². The van der Waals surface area contributed by atoms with Crippen molar-refractivity contribution < 1.29 is 4.42 Å². The molecule has 1 aliphatic rings. The largest absolute Gasteiger partial charge is 0.422 e. The van der Waals surface area contributed by atoms with Gasteiger partial charge in [0.2, 0.25) is 11.6 Å². The first-order valence-electron chi connectivity index (χ1n) is 4.76. The minimum Gasteiger partial charge on any atom is -0.422 e. The summed E-state index contributed by atoms with van der Waals surface area (Å²) >= 11 is 5.76. The molecule has 2 aromatic heterocycles. The smallest absolute Gasteiger partial charge is 0.248 e. The second-order valence-corrected chi connectivity index (χ2v) is 4.03. The lowest BCUT2D eigenvalue weighted by Crippen LogP contribution is -2.08. The van der Waals surface area contributed by atoms with Crippen molar-refractivity contribution in [3.63, 3.8) is 0 Å². The second-order valence-electron chi connectivity index (χ2n) is 3.64. The van der Waals surface area contributed by atoms with Gasteiger partial charge < -0.3 is 4.42 Å². The summed E-state index contributed by atoms with van der Waals surface area (Å²) in [5.74, 6) is 1.32. The summed E-state index contributed by atoms with van der Waals surface area (Å²) in [6.45, 7) is 0. The van der Waals surface area contributed by atoms with E-state index in [-0.39, 0.29) is 0 Å². The van der Waals surface area contributed by atoms with Gasteiger partial charge in [0.05, 0.1) is 0 Å². The maximum absolute atomic E-state index is 5.76. The van der Waals surface area contributed by atoms with Gasteiger partial charge in [0.15, 0.2) is 0 Å². The normalized spacial score (nSPS) is 17.2. The Morgan fingerprint density at radius 1 is 1.29 bits per heavy atom. The topological polar surface area (TPSA) is 38.9 Å². The molecule has 0 bridgehead atoms. The van der Waals surface area contributed by atoms with Crippen molar-refractivity contribution in [1.29, 1.82) is 0 Å². The van der Waals surface area contributed by atoms with E-state index in [9.17, 15) is 0 Å². The van der Waals surface area contributed by atoms with Crippen LogP contribution >= 0.6 is 11.6 Å². The third kappa shape index (κ3) is 1.20. The van der Waals surface area contributed by atoms with Gasteiger partial charge in [0.1, 0.15) is 10.7 Å². The molecule has 1 saturated carbocycles. The molecule has 0 radical (unpaired) electrons. The van der Waals surface area contributed by atoms with Crippen LogP contribution in [-0.4, -0.2) is 9.97 Å². The molecule has 0 unspecified atom stereocenters. The number of nitrogens with zero attached hydrogens (tertiary/aromatic N) is 2. The molecule has 0 atom stereocenters. The van der Waals surface area contributed by atoms with E-state index in [1.807, 2.05) is 6.07 Å². The van der Waals surface area contributed by atoms with Crippen LogP contribution in [-0.2, 0) is 0 Å². The molecule has 2 aromatic rings. The molecule has 4 heteroatoms. The Morgan fingerprint density at radius 2 is 2.14 bits per heavy atom. The first kappa shape index (κ1) is 8.24. The molecule has 1 fully saturated rings. The molecule has 2 heterocycles. The van der Waals surface area contributed by atoms with Gasteiger partial charge in [-0.1, -0.05) is 18.0 Å². The average Bonchev–Trinajstić information content (AvgIpc) is 2.43. The summed E-state index contributed by atoms with van der Waals surface area (Å²) in [4.78, 5) is 8.46. The highest BCUT2D eigenvalue weighted by Gasteiger charge is 2.24. The summed E-state index contributed by atoms with van der Waals surface area (Å²) in [5.41, 5.74) is 1.36. The van der Waals surface area contributed by atoms with Crippen LogP contribution in [0.4, 0.5) is 0 Å². The third-order valence-electron chi connectivity index (χ3n) is 2.69. The summed E-state index contributed by atoms with van der Waals surface area (Å²) in [6.07, 6.45) is 3.64. The van der Waals surface area contributed by atoms with Crippen LogP contribution in [0.5, 0.6) is 0 Å². The van der Waals surface area contributed by atoms with E-state index in [4.69, 9.17) is 16.0 Å². The average molecular weight is 209 g/mol. The number of fused-ring (bicyclic) bond motifs is 1. The summed E-state index contributed by atoms with van der Waals surface area (Å²) in [6, 6.07) is 3.58. The minimum atomic E-state index is 0.453. The third-order valence-corrected chi connectivity index (χ3v) is 2.90. The van der Waals surface area contributed by atoms with E-state index >= 15 is 0 Å². The molecule has 0 aromatic carbocycles. The van der Waals surface area contributed by atoms with E-state index in [0.717, 1.165) is 11.4 Å². The zero-order valence-electron chi connectivity index (χ0n) is 7.53. The summed E-state index contributed by atoms with van der Waals surface area (Å²) < 4.78 is 5.55. The maximum Gasteiger partial charge on any atom is 0.248 e. The van der Waals surface area contributed by atoms with Crippen LogP contribution in [0.25, 0.3) is 11.2 Å². The van der Waals surface area contributed by atoms with Crippen LogP contribution < -0.4 is 0 Å². The lowest BCUT2D eigenvalue weighted by Gasteiger charge is -2.21. The Balaban J connectivity index is 2.10. The van der Waals surface area contributed by atoms with Gasteiger partial charge in [-0.05, 0) is 25.0 Å². The number of rotatable bonds is 1. The lowest BCUT2D eigenvalue weighted by atomic mass is 9.85. The minimum absolute atomic E-state index is 0.453. The molecule has 0 aliphatic heterocycles. The monoisotopic (exact) mass is 208 g/mol. The van der Waals surface area contributed by atoms with Crippen molar-refractivity contribution in [3.8, 4) is 0 Å². The SMILES string of the molecule is Clc1ccc2nc(C3CCC3)oc2n1. The Hall–Kier alpha value is -1.09. The van der Waals surface area contributed by atoms with E-state index in [1.165, 1.54) is 19.3 Å². The number of halogens is 1. The van der Waals surface area contributed by atoms with Gasteiger partial charge in [-0.3, -0.25) is 0 Å². The van der Waals surface area contributed by atoms with Crippen molar-refractivity contribution in [1.82, 2.24) is 9.97 Å². The van der Waals surface area contributed by atoms with Crippen molar-refractivity contribution in [2.24, 2.45) is 0 Å². The van der Waals surface area contributed by atoms with E-state index in [0.29, 0.717) is 16.8 Å². The predicted molar refractivity (Wildman–Crippen MR) is 53.4 cm³/mol. The maximum atomic E-state index is 5.76. The van der Waals surface area contributed by atoms with Gasteiger partial charge in [-0.25, -0.2) is 4.98 Å². The quantitative estimate of drug-likeness (QED) is 0.676. The van der Waals surface area contributed by atoms with Crippen molar-refractivity contribution >= 4 is 22.8 Å². The van der Waals surface area contributed by atoms with Crippen LogP contribution in [0.15, 0.2) is 16.5 Å². The molecule has 0 N–H and O–H groups in total. The number of oxazole rings is 1. The van der Waals surface area contributed by atoms with Gasteiger partial charge in [0.25, 0.3) is 0 Å². The molecule has 3 nitrogen and oxygen atoms in total. The highest BCUT2D eigenvalue weighted by Crippen LogP contribution is 2.36. The molecule has 0 amide bonds. The van der Waals surface area contributed by atoms with Crippen LogP contribution in [0, 0.1) is 0 Å². The Morgan fingerprint density at radius 3 is 2.86 bits per heavy atom. The highest BCUT2D eigenvalue weighted by atomic mass is 35.5. The molecule has 0 spiro atoms.